The molecule has 2 aliphatic carbocycles. The molecule has 0 aromatic rings. The minimum atomic E-state index is -0.359. The Balaban J connectivity index is 2.64. The molecule has 0 aromatic carbocycles. The molecule has 0 unspecified atom stereocenters. The first-order valence-electron chi connectivity index (χ1n) is 2.58. The van der Waals surface area contributed by atoms with E-state index in [1.54, 1.807) is 12.1 Å². The summed E-state index contributed by atoms with van der Waals surface area (Å²) in [6.07, 6.45) is 0. The fourth-order valence-corrected chi connectivity index (χ4v) is 0.920. The molecule has 0 spiro atoms. The summed E-state index contributed by atoms with van der Waals surface area (Å²) in [4.78, 5) is 9.68. The van der Waals surface area contributed by atoms with Crippen molar-refractivity contribution in [1.29, 1.82) is 0 Å². The Morgan fingerprint density at radius 2 is 2.22 bits per heavy atom. The van der Waals surface area contributed by atoms with Gasteiger partial charge in [0.15, 0.2) is 0 Å². The van der Waals surface area contributed by atoms with Gasteiger partial charge in [0.1, 0.15) is 0 Å². The van der Waals surface area contributed by atoms with Gasteiger partial charge in [0.2, 0.25) is 0 Å². The second-order valence-corrected chi connectivity index (χ2v) is 1.99. The van der Waals surface area contributed by atoms with Crippen molar-refractivity contribution in [3.8, 4) is 0 Å². The molecule has 44 valence electrons. The van der Waals surface area contributed by atoms with Crippen LogP contribution >= 0.6 is 0 Å². The van der Waals surface area contributed by atoms with E-state index >= 15 is 0 Å². The van der Waals surface area contributed by atoms with E-state index in [0.717, 1.165) is 10.4 Å². The van der Waals surface area contributed by atoms with Gasteiger partial charge in [-0.3, -0.25) is 10.1 Å². The molecule has 0 saturated heterocycles. The molecule has 0 heterocycles. The summed E-state index contributed by atoms with van der Waals surface area (Å²) in [5, 5.41) is 11.9. The molecular formula is C6H3NO2. The summed E-state index contributed by atoms with van der Waals surface area (Å²) < 4.78 is 0. The van der Waals surface area contributed by atoms with Crippen LogP contribution in [0, 0.1) is 20.6 Å². The number of nitro groups is 1. The number of rotatable bonds is 1. The van der Waals surface area contributed by atoms with E-state index in [9.17, 15) is 10.1 Å². The van der Waals surface area contributed by atoms with E-state index in [-0.39, 0.29) is 10.6 Å². The van der Waals surface area contributed by atoms with Gasteiger partial charge in [0, 0.05) is 6.07 Å². The van der Waals surface area contributed by atoms with Gasteiger partial charge in [0.25, 0.3) is 5.69 Å². The highest BCUT2D eigenvalue weighted by atomic mass is 16.6. The minimum absolute atomic E-state index is 0.257. The van der Waals surface area contributed by atoms with Crippen LogP contribution in [0.25, 0.3) is 0 Å². The summed E-state index contributed by atoms with van der Waals surface area (Å²) in [6.45, 7) is 0. The fraction of sp³-hybridized carbons (Fsp3) is 0. The third-order valence-electron chi connectivity index (χ3n) is 1.51. The summed E-state index contributed by atoms with van der Waals surface area (Å²) in [5.74, 6) is 0. The van der Waals surface area contributed by atoms with Crippen molar-refractivity contribution >= 4 is 5.69 Å². The monoisotopic (exact) mass is 121 g/mol. The number of nitrogens with zero attached hydrogens (tertiary/aromatic N) is 1. The van der Waals surface area contributed by atoms with E-state index in [1.165, 1.54) is 0 Å². The van der Waals surface area contributed by atoms with Crippen LogP contribution in [0.1, 0.15) is 0 Å². The second kappa shape index (κ2) is 1.13. The second-order valence-electron chi connectivity index (χ2n) is 1.99. The summed E-state index contributed by atoms with van der Waals surface area (Å²) in [5.41, 5.74) is 0.257. The summed E-state index contributed by atoms with van der Waals surface area (Å²) in [6, 6.07) is 5.20. The van der Waals surface area contributed by atoms with Crippen LogP contribution in [0.3, 0.4) is 0 Å². The predicted molar refractivity (Wildman–Crippen MR) is 30.8 cm³/mol. The topological polar surface area (TPSA) is 43.1 Å². The van der Waals surface area contributed by atoms with E-state index in [0.29, 0.717) is 0 Å². The third kappa shape index (κ3) is 0.367. The molecule has 0 N–H and O–H groups in total. The number of hydrogen-bond donors (Lipinski definition) is 0. The molecule has 0 atom stereocenters. The predicted octanol–water partition coefficient (Wildman–Crippen LogP) is 1.20. The SMILES string of the molecule is O=[N+]([O-])c1cc2ccc1=2. The minimum Gasteiger partial charge on any atom is -0.258 e. The number of hydrogen-bond acceptors (Lipinski definition) is 2. The number of non-ortho nitro benzene ring substituents is 1. The Labute approximate surface area is 50.4 Å². The lowest BCUT2D eigenvalue weighted by Crippen LogP contribution is -1.96. The quantitative estimate of drug-likeness (QED) is 0.420. The van der Waals surface area contributed by atoms with Gasteiger partial charge in [-0.15, -0.1) is 0 Å². The molecule has 0 saturated carbocycles. The van der Waals surface area contributed by atoms with Crippen molar-refractivity contribution < 1.29 is 4.92 Å². The smallest absolute Gasteiger partial charge is 0.258 e. The van der Waals surface area contributed by atoms with Crippen molar-refractivity contribution in [2.45, 2.75) is 0 Å². The average molecular weight is 121 g/mol. The van der Waals surface area contributed by atoms with Crippen LogP contribution in [-0.2, 0) is 0 Å². The van der Waals surface area contributed by atoms with Crippen molar-refractivity contribution in [1.82, 2.24) is 0 Å². The first kappa shape index (κ1) is 4.49. The highest BCUT2D eigenvalue weighted by Crippen LogP contribution is 2.22. The lowest BCUT2D eigenvalue weighted by molar-refractivity contribution is -0.386. The van der Waals surface area contributed by atoms with Crippen LogP contribution in [0.5, 0.6) is 0 Å². The fourth-order valence-electron chi connectivity index (χ4n) is 0.920. The molecular weight excluding hydrogens is 118 g/mol. The van der Waals surface area contributed by atoms with Gasteiger partial charge < -0.3 is 0 Å². The van der Waals surface area contributed by atoms with Crippen LogP contribution in [-0.4, -0.2) is 4.92 Å². The third-order valence-corrected chi connectivity index (χ3v) is 1.51. The Hall–Kier alpha value is -1.38. The van der Waals surface area contributed by atoms with Gasteiger partial charge in [-0.2, -0.15) is 0 Å². The first-order chi connectivity index (χ1) is 4.29. The zero-order valence-electron chi connectivity index (χ0n) is 4.50. The Morgan fingerprint density at radius 3 is 2.33 bits per heavy atom. The van der Waals surface area contributed by atoms with E-state index in [2.05, 4.69) is 0 Å². The van der Waals surface area contributed by atoms with Crippen molar-refractivity contribution in [3.63, 3.8) is 0 Å². The molecule has 0 bridgehead atoms. The number of benzene rings is 1. The maximum absolute atomic E-state index is 10.0. The van der Waals surface area contributed by atoms with Crippen molar-refractivity contribution in [2.24, 2.45) is 0 Å². The maximum atomic E-state index is 10.0. The molecule has 9 heavy (non-hydrogen) atoms. The lowest BCUT2D eigenvalue weighted by atomic mass is 10.1. The van der Waals surface area contributed by atoms with Gasteiger partial charge in [0.05, 0.1) is 10.1 Å². The van der Waals surface area contributed by atoms with Crippen molar-refractivity contribution in [2.75, 3.05) is 0 Å². The molecule has 2 aliphatic rings. The zero-order valence-corrected chi connectivity index (χ0v) is 4.50. The van der Waals surface area contributed by atoms with Gasteiger partial charge >= 0.3 is 0 Å². The standard InChI is InChI=1S/C6H3NO2/c8-7(9)6-3-4-1-2-5(4)6/h1-3H. The lowest BCUT2D eigenvalue weighted by Gasteiger charge is -2.01. The molecule has 0 amide bonds. The zero-order chi connectivity index (χ0) is 6.43. The van der Waals surface area contributed by atoms with Crippen LogP contribution in [0.4, 0.5) is 5.69 Å². The normalized spacial score (nSPS) is 11.1. The van der Waals surface area contributed by atoms with Crippen LogP contribution in [0.15, 0.2) is 18.2 Å². The Bertz CT molecular complexity index is 369. The van der Waals surface area contributed by atoms with Crippen LogP contribution < -0.4 is 0 Å². The van der Waals surface area contributed by atoms with Crippen LogP contribution in [0.2, 0.25) is 0 Å². The van der Waals surface area contributed by atoms with Gasteiger partial charge in [-0.25, -0.2) is 0 Å². The molecule has 0 aromatic heterocycles. The van der Waals surface area contributed by atoms with Gasteiger partial charge in [-0.1, -0.05) is 6.07 Å². The molecule has 0 fully saturated rings. The molecule has 3 heteroatoms. The van der Waals surface area contributed by atoms with Gasteiger partial charge in [-0.05, 0) is 11.3 Å². The Morgan fingerprint density at radius 1 is 1.44 bits per heavy atom. The van der Waals surface area contributed by atoms with E-state index in [1.807, 2.05) is 6.07 Å². The molecule has 0 aliphatic heterocycles. The highest BCUT2D eigenvalue weighted by Gasteiger charge is 2.14. The Kier molecular flexibility index (Phi) is 0.563. The van der Waals surface area contributed by atoms with E-state index in [4.69, 9.17) is 0 Å². The summed E-state index contributed by atoms with van der Waals surface area (Å²) in [7, 11) is 0. The van der Waals surface area contributed by atoms with Crippen molar-refractivity contribution in [3.05, 3.63) is 38.8 Å². The largest absolute Gasteiger partial charge is 0.277 e. The average Bonchev–Trinajstić information content (AvgIpc) is 1.76. The molecule has 2 rings (SSSR count). The highest BCUT2D eigenvalue weighted by molar-refractivity contribution is 5.44. The molecule has 3 nitrogen and oxygen atoms in total. The summed E-state index contributed by atoms with van der Waals surface area (Å²) >= 11 is 0. The first-order valence-corrected chi connectivity index (χ1v) is 2.58. The number of nitro benzene ring substituents is 1. The maximum Gasteiger partial charge on any atom is 0.277 e. The molecule has 0 radical (unpaired) electrons. The van der Waals surface area contributed by atoms with E-state index < -0.39 is 0 Å².